The lowest BCUT2D eigenvalue weighted by atomic mass is 9.89. The highest BCUT2D eigenvalue weighted by atomic mass is 16.3. The Bertz CT molecular complexity index is 563. The third-order valence-corrected chi connectivity index (χ3v) is 4.27. The number of rotatable bonds is 2. The maximum Gasteiger partial charge on any atom is 0.215 e. The van der Waals surface area contributed by atoms with Crippen molar-refractivity contribution in [1.82, 2.24) is 14.6 Å². The van der Waals surface area contributed by atoms with Crippen LogP contribution in [0, 0.1) is 11.8 Å². The van der Waals surface area contributed by atoms with Crippen molar-refractivity contribution in [3.8, 4) is 5.88 Å². The van der Waals surface area contributed by atoms with Gasteiger partial charge in [-0.05, 0) is 24.7 Å². The molecule has 0 bridgehead atoms. The van der Waals surface area contributed by atoms with Crippen molar-refractivity contribution in [2.45, 2.75) is 39.0 Å². The Morgan fingerprint density at radius 3 is 3.00 bits per heavy atom. The van der Waals surface area contributed by atoms with Gasteiger partial charge in [-0.25, -0.2) is 4.98 Å². The van der Waals surface area contributed by atoms with E-state index in [-0.39, 0.29) is 5.88 Å². The molecule has 2 aromatic heterocycles. The molecule has 1 aliphatic rings. The zero-order valence-corrected chi connectivity index (χ0v) is 10.9. The van der Waals surface area contributed by atoms with Gasteiger partial charge < -0.3 is 5.11 Å². The number of hydrogen-bond acceptors (Lipinski definition) is 3. The number of fused-ring (bicyclic) bond motifs is 1. The summed E-state index contributed by atoms with van der Waals surface area (Å²) in [6, 6.07) is 3.58. The molecule has 0 aromatic carbocycles. The normalized spacial score (nSPS) is 25.7. The molecule has 4 heteroatoms. The smallest absolute Gasteiger partial charge is 0.215 e. The van der Waals surface area contributed by atoms with Gasteiger partial charge in [-0.3, -0.25) is 0 Å². The monoisotopic (exact) mass is 245 g/mol. The van der Waals surface area contributed by atoms with Gasteiger partial charge in [-0.15, -0.1) is 0 Å². The average molecular weight is 245 g/mol. The minimum Gasteiger partial charge on any atom is -0.493 e. The van der Waals surface area contributed by atoms with Crippen molar-refractivity contribution in [2.75, 3.05) is 0 Å². The standard InChI is InChI=1S/C14H19N3O/c1-9-3-4-11(7-9)10(2)12-8-14(18)17-13(16-12)5-6-15-17/h5-6,8-11,18H,3-4,7H2,1-2H3. The first-order valence-corrected chi connectivity index (χ1v) is 6.69. The van der Waals surface area contributed by atoms with Crippen LogP contribution in [-0.2, 0) is 0 Å². The summed E-state index contributed by atoms with van der Waals surface area (Å²) >= 11 is 0. The van der Waals surface area contributed by atoms with Crippen LogP contribution >= 0.6 is 0 Å². The molecule has 1 aliphatic carbocycles. The fourth-order valence-electron chi connectivity index (χ4n) is 3.10. The highest BCUT2D eigenvalue weighted by molar-refractivity contribution is 5.41. The van der Waals surface area contributed by atoms with Crippen LogP contribution < -0.4 is 0 Å². The maximum atomic E-state index is 9.95. The molecular weight excluding hydrogens is 226 g/mol. The molecule has 2 heterocycles. The lowest BCUT2D eigenvalue weighted by Crippen LogP contribution is -2.09. The SMILES string of the molecule is CC1CCC(C(C)c2cc(O)n3nccc3n2)C1. The third kappa shape index (κ3) is 1.85. The lowest BCUT2D eigenvalue weighted by molar-refractivity contribution is 0.417. The third-order valence-electron chi connectivity index (χ3n) is 4.27. The summed E-state index contributed by atoms with van der Waals surface area (Å²) in [5.74, 6) is 2.10. The topological polar surface area (TPSA) is 50.4 Å². The van der Waals surface area contributed by atoms with Crippen molar-refractivity contribution in [3.63, 3.8) is 0 Å². The van der Waals surface area contributed by atoms with E-state index < -0.39 is 0 Å². The second-order valence-electron chi connectivity index (χ2n) is 5.61. The average Bonchev–Trinajstić information content (AvgIpc) is 2.96. The van der Waals surface area contributed by atoms with Crippen LogP contribution in [0.3, 0.4) is 0 Å². The summed E-state index contributed by atoms with van der Waals surface area (Å²) in [7, 11) is 0. The highest BCUT2D eigenvalue weighted by Crippen LogP contribution is 2.39. The van der Waals surface area contributed by atoms with E-state index in [0.29, 0.717) is 11.8 Å². The Morgan fingerprint density at radius 1 is 1.44 bits per heavy atom. The van der Waals surface area contributed by atoms with Gasteiger partial charge in [0.15, 0.2) is 5.65 Å². The molecule has 2 aromatic rings. The molecule has 0 amide bonds. The first-order valence-electron chi connectivity index (χ1n) is 6.69. The van der Waals surface area contributed by atoms with E-state index in [1.807, 2.05) is 6.07 Å². The molecule has 3 unspecified atom stereocenters. The molecule has 0 radical (unpaired) electrons. The summed E-state index contributed by atoms with van der Waals surface area (Å²) in [5, 5.41) is 14.0. The van der Waals surface area contributed by atoms with Crippen LogP contribution in [0.2, 0.25) is 0 Å². The van der Waals surface area contributed by atoms with E-state index in [2.05, 4.69) is 23.9 Å². The van der Waals surface area contributed by atoms with Gasteiger partial charge in [-0.2, -0.15) is 9.61 Å². The van der Waals surface area contributed by atoms with Gasteiger partial charge in [0, 0.05) is 18.1 Å². The second kappa shape index (κ2) is 4.26. The van der Waals surface area contributed by atoms with Crippen LogP contribution in [0.1, 0.15) is 44.7 Å². The Morgan fingerprint density at radius 2 is 2.28 bits per heavy atom. The molecule has 1 N–H and O–H groups in total. The number of aromatic nitrogens is 3. The summed E-state index contributed by atoms with van der Waals surface area (Å²) in [6.07, 6.45) is 5.52. The lowest BCUT2D eigenvalue weighted by Gasteiger charge is -2.19. The fraction of sp³-hybridized carbons (Fsp3) is 0.571. The van der Waals surface area contributed by atoms with Gasteiger partial charge in [0.25, 0.3) is 0 Å². The van der Waals surface area contributed by atoms with E-state index in [4.69, 9.17) is 0 Å². The molecule has 0 spiro atoms. The van der Waals surface area contributed by atoms with Gasteiger partial charge >= 0.3 is 0 Å². The van der Waals surface area contributed by atoms with Crippen LogP contribution in [0.25, 0.3) is 5.65 Å². The second-order valence-corrected chi connectivity index (χ2v) is 5.61. The van der Waals surface area contributed by atoms with Crippen molar-refractivity contribution in [3.05, 3.63) is 24.0 Å². The minimum absolute atomic E-state index is 0.179. The molecule has 96 valence electrons. The van der Waals surface area contributed by atoms with Crippen molar-refractivity contribution >= 4 is 5.65 Å². The molecule has 18 heavy (non-hydrogen) atoms. The summed E-state index contributed by atoms with van der Waals surface area (Å²) in [4.78, 5) is 4.61. The Balaban J connectivity index is 1.93. The van der Waals surface area contributed by atoms with Gasteiger partial charge in [-0.1, -0.05) is 20.3 Å². The number of hydrogen-bond donors (Lipinski definition) is 1. The predicted molar refractivity (Wildman–Crippen MR) is 69.6 cm³/mol. The Hall–Kier alpha value is -1.58. The van der Waals surface area contributed by atoms with Crippen LogP contribution in [-0.4, -0.2) is 19.7 Å². The largest absolute Gasteiger partial charge is 0.493 e. The van der Waals surface area contributed by atoms with Crippen molar-refractivity contribution < 1.29 is 5.11 Å². The quantitative estimate of drug-likeness (QED) is 0.885. The summed E-state index contributed by atoms with van der Waals surface area (Å²) < 4.78 is 1.47. The Kier molecular flexibility index (Phi) is 2.73. The molecule has 1 fully saturated rings. The molecule has 0 aliphatic heterocycles. The summed E-state index contributed by atoms with van der Waals surface area (Å²) in [6.45, 7) is 4.54. The van der Waals surface area contributed by atoms with Gasteiger partial charge in [0.1, 0.15) is 0 Å². The number of aromatic hydroxyl groups is 1. The van der Waals surface area contributed by atoms with Gasteiger partial charge in [0.2, 0.25) is 5.88 Å². The molecule has 3 rings (SSSR count). The van der Waals surface area contributed by atoms with Crippen molar-refractivity contribution in [1.29, 1.82) is 0 Å². The highest BCUT2D eigenvalue weighted by Gasteiger charge is 2.28. The zero-order chi connectivity index (χ0) is 12.7. The first kappa shape index (κ1) is 11.5. The molecule has 4 nitrogen and oxygen atoms in total. The van der Waals surface area contributed by atoms with E-state index in [1.54, 1.807) is 12.3 Å². The van der Waals surface area contributed by atoms with E-state index in [1.165, 1.54) is 23.8 Å². The minimum atomic E-state index is 0.179. The van der Waals surface area contributed by atoms with E-state index in [9.17, 15) is 5.11 Å². The van der Waals surface area contributed by atoms with E-state index in [0.717, 1.165) is 17.3 Å². The van der Waals surface area contributed by atoms with Crippen molar-refractivity contribution in [2.24, 2.45) is 11.8 Å². The van der Waals surface area contributed by atoms with Gasteiger partial charge in [0.05, 0.1) is 11.9 Å². The first-order chi connectivity index (χ1) is 8.65. The predicted octanol–water partition coefficient (Wildman–Crippen LogP) is 2.97. The molecule has 3 atom stereocenters. The van der Waals surface area contributed by atoms with E-state index >= 15 is 0 Å². The zero-order valence-electron chi connectivity index (χ0n) is 10.9. The molecule has 1 saturated carbocycles. The van der Waals surface area contributed by atoms with Crippen LogP contribution in [0.4, 0.5) is 0 Å². The molecule has 0 saturated heterocycles. The van der Waals surface area contributed by atoms with Crippen LogP contribution in [0.5, 0.6) is 5.88 Å². The Labute approximate surface area is 107 Å². The molecular formula is C14H19N3O. The number of nitrogens with zero attached hydrogens (tertiary/aromatic N) is 3. The van der Waals surface area contributed by atoms with Crippen LogP contribution in [0.15, 0.2) is 18.3 Å². The maximum absolute atomic E-state index is 9.95. The summed E-state index contributed by atoms with van der Waals surface area (Å²) in [5.41, 5.74) is 1.71. The fourth-order valence-corrected chi connectivity index (χ4v) is 3.10.